The first-order chi connectivity index (χ1) is 6.91. The van der Waals surface area contributed by atoms with E-state index in [1.165, 1.54) is 51.4 Å². The van der Waals surface area contributed by atoms with Gasteiger partial charge in [-0.2, -0.15) is 0 Å². The van der Waals surface area contributed by atoms with E-state index in [9.17, 15) is 0 Å². The molecule has 0 N–H and O–H groups in total. The monoisotopic (exact) mass is 218 g/mol. The standard InChI is InChI=1S/C6H12.C4H10.2C2H6.CH4/c1-2-4-6-5-3-1;1-3-4-2;2*1-2;/h1-6H2;3-4H2,1-2H3;2*1-2H3;1H4. The van der Waals surface area contributed by atoms with Gasteiger partial charge in [0.1, 0.15) is 0 Å². The third kappa shape index (κ3) is 41.1. The van der Waals surface area contributed by atoms with Crippen LogP contribution in [0.4, 0.5) is 0 Å². The van der Waals surface area contributed by atoms with Crippen LogP contribution in [-0.2, 0) is 0 Å². The van der Waals surface area contributed by atoms with Crippen molar-refractivity contribution in [2.24, 2.45) is 0 Å². The fourth-order valence-corrected chi connectivity index (χ4v) is 1.06. The van der Waals surface area contributed by atoms with Gasteiger partial charge in [0, 0.05) is 0 Å². The minimum atomic E-state index is 0. The average molecular weight is 218 g/mol. The summed E-state index contributed by atoms with van der Waals surface area (Å²) in [4.78, 5) is 0. The molecule has 1 fully saturated rings. The van der Waals surface area contributed by atoms with Gasteiger partial charge in [0.15, 0.2) is 0 Å². The maximum atomic E-state index is 2.18. The third-order valence-corrected chi connectivity index (χ3v) is 2.00. The molecule has 0 radical (unpaired) electrons. The van der Waals surface area contributed by atoms with Gasteiger partial charge in [-0.3, -0.25) is 0 Å². The number of hydrogen-bond donors (Lipinski definition) is 0. The minimum absolute atomic E-state index is 0. The van der Waals surface area contributed by atoms with E-state index in [2.05, 4.69) is 13.8 Å². The Labute approximate surface area is 101 Å². The molecule has 0 saturated heterocycles. The number of unbranched alkanes of at least 4 members (excludes halogenated alkanes) is 1. The van der Waals surface area contributed by atoms with E-state index in [0.29, 0.717) is 0 Å². The lowest BCUT2D eigenvalue weighted by molar-refractivity contribution is 0.504. The van der Waals surface area contributed by atoms with Gasteiger partial charge in [0.2, 0.25) is 0 Å². The van der Waals surface area contributed by atoms with Crippen LogP contribution in [0.15, 0.2) is 0 Å². The van der Waals surface area contributed by atoms with Crippen molar-refractivity contribution in [2.75, 3.05) is 0 Å². The van der Waals surface area contributed by atoms with Crippen molar-refractivity contribution in [2.45, 2.75) is 100 Å². The Kier molecular flexibility index (Phi) is 59.9. The van der Waals surface area contributed by atoms with Gasteiger partial charge in [-0.1, -0.05) is 100 Å². The van der Waals surface area contributed by atoms with Crippen molar-refractivity contribution < 1.29 is 0 Å². The molecule has 0 spiro atoms. The third-order valence-electron chi connectivity index (χ3n) is 2.00. The van der Waals surface area contributed by atoms with Crippen LogP contribution in [0.2, 0.25) is 0 Å². The Morgan fingerprint density at radius 3 is 0.733 bits per heavy atom. The first-order valence-corrected chi connectivity index (χ1v) is 6.91. The fourth-order valence-electron chi connectivity index (χ4n) is 1.06. The molecule has 0 aliphatic heterocycles. The molecule has 15 heavy (non-hydrogen) atoms. The highest BCUT2D eigenvalue weighted by Gasteiger charge is 1.95. The topological polar surface area (TPSA) is 0 Å². The zero-order chi connectivity index (χ0) is 11.7. The molecule has 0 aromatic rings. The SMILES string of the molecule is C.C1CCCCC1.CC.CC.CCCC. The van der Waals surface area contributed by atoms with Crippen LogP contribution in [0.1, 0.15) is 100 Å². The van der Waals surface area contributed by atoms with Crippen molar-refractivity contribution in [1.82, 2.24) is 0 Å². The second kappa shape index (κ2) is 37.0. The Balaban J connectivity index is -0.0000000601. The molecule has 1 rings (SSSR count). The van der Waals surface area contributed by atoms with Crippen molar-refractivity contribution in [3.63, 3.8) is 0 Å². The number of hydrogen-bond acceptors (Lipinski definition) is 0. The summed E-state index contributed by atoms with van der Waals surface area (Å²) < 4.78 is 0. The number of rotatable bonds is 1. The molecule has 0 nitrogen and oxygen atoms in total. The van der Waals surface area contributed by atoms with Crippen LogP contribution >= 0.6 is 0 Å². The summed E-state index contributed by atoms with van der Waals surface area (Å²) >= 11 is 0. The lowest BCUT2D eigenvalue weighted by Gasteiger charge is -2.05. The Bertz CT molecular complexity index is 30.5. The van der Waals surface area contributed by atoms with Crippen LogP contribution < -0.4 is 0 Å². The van der Waals surface area contributed by atoms with E-state index in [1.54, 1.807) is 0 Å². The fraction of sp³-hybridized carbons (Fsp3) is 1.00. The van der Waals surface area contributed by atoms with E-state index < -0.39 is 0 Å². The zero-order valence-electron chi connectivity index (χ0n) is 11.7. The zero-order valence-corrected chi connectivity index (χ0v) is 11.7. The lowest BCUT2D eigenvalue weighted by atomic mass is 10.0. The molecule has 0 bridgehead atoms. The molecule has 0 amide bonds. The second-order valence-corrected chi connectivity index (χ2v) is 3.12. The summed E-state index contributed by atoms with van der Waals surface area (Å²) in [6.07, 6.45) is 11.6. The molecule has 0 atom stereocenters. The van der Waals surface area contributed by atoms with Crippen LogP contribution in [0.25, 0.3) is 0 Å². The Hall–Kier alpha value is 0. The van der Waals surface area contributed by atoms with Crippen molar-refractivity contribution in [3.05, 3.63) is 0 Å². The van der Waals surface area contributed by atoms with Crippen molar-refractivity contribution in [1.29, 1.82) is 0 Å². The predicted molar refractivity (Wildman–Crippen MR) is 77.7 cm³/mol. The van der Waals surface area contributed by atoms with Gasteiger partial charge < -0.3 is 0 Å². The largest absolute Gasteiger partial charge is 0.0776 e. The quantitative estimate of drug-likeness (QED) is 0.452. The van der Waals surface area contributed by atoms with E-state index >= 15 is 0 Å². The maximum Gasteiger partial charge on any atom is -0.0533 e. The van der Waals surface area contributed by atoms with E-state index in [0.717, 1.165) is 0 Å². The van der Waals surface area contributed by atoms with Crippen LogP contribution in [-0.4, -0.2) is 0 Å². The van der Waals surface area contributed by atoms with Gasteiger partial charge >= 0.3 is 0 Å². The Morgan fingerprint density at radius 1 is 0.533 bits per heavy atom. The molecule has 98 valence electrons. The first-order valence-electron chi connectivity index (χ1n) is 6.91. The summed E-state index contributed by atoms with van der Waals surface area (Å²) in [5.74, 6) is 0. The highest BCUT2D eigenvalue weighted by atomic mass is 14.0. The minimum Gasteiger partial charge on any atom is -0.0776 e. The molecule has 1 aliphatic carbocycles. The van der Waals surface area contributed by atoms with Gasteiger partial charge in [-0.25, -0.2) is 0 Å². The van der Waals surface area contributed by atoms with E-state index in [-0.39, 0.29) is 7.43 Å². The Morgan fingerprint density at radius 2 is 0.667 bits per heavy atom. The first kappa shape index (κ1) is 24.3. The van der Waals surface area contributed by atoms with E-state index in [4.69, 9.17) is 0 Å². The average Bonchev–Trinajstić information content (AvgIpc) is 2.36. The molecule has 0 aromatic carbocycles. The van der Waals surface area contributed by atoms with E-state index in [1.807, 2.05) is 27.7 Å². The molecule has 0 aromatic heterocycles. The highest BCUT2D eigenvalue weighted by molar-refractivity contribution is 4.51. The maximum absolute atomic E-state index is 2.18. The lowest BCUT2D eigenvalue weighted by Crippen LogP contribution is -1.85. The molecule has 0 heterocycles. The molecular formula is C15H38. The van der Waals surface area contributed by atoms with Gasteiger partial charge in [0.25, 0.3) is 0 Å². The summed E-state index contributed by atoms with van der Waals surface area (Å²) in [5.41, 5.74) is 0. The molecule has 1 saturated carbocycles. The molecule has 0 unspecified atom stereocenters. The molecular weight excluding hydrogens is 180 g/mol. The summed E-state index contributed by atoms with van der Waals surface area (Å²) in [6.45, 7) is 12.4. The smallest absolute Gasteiger partial charge is 0.0533 e. The van der Waals surface area contributed by atoms with Crippen LogP contribution in [0, 0.1) is 0 Å². The summed E-state index contributed by atoms with van der Waals surface area (Å²) in [5, 5.41) is 0. The predicted octanol–water partition coefficient (Wildman–Crippen LogP) is 6.84. The summed E-state index contributed by atoms with van der Waals surface area (Å²) in [6, 6.07) is 0. The molecule has 1 aliphatic rings. The van der Waals surface area contributed by atoms with Crippen molar-refractivity contribution >= 4 is 0 Å². The van der Waals surface area contributed by atoms with Crippen molar-refractivity contribution in [3.8, 4) is 0 Å². The second-order valence-electron chi connectivity index (χ2n) is 3.12. The van der Waals surface area contributed by atoms with Crippen LogP contribution in [0.5, 0.6) is 0 Å². The van der Waals surface area contributed by atoms with Crippen LogP contribution in [0.3, 0.4) is 0 Å². The van der Waals surface area contributed by atoms with Gasteiger partial charge in [0.05, 0.1) is 0 Å². The normalized spacial score (nSPS) is 12.4. The van der Waals surface area contributed by atoms with Gasteiger partial charge in [-0.15, -0.1) is 0 Å². The molecule has 0 heteroatoms. The summed E-state index contributed by atoms with van der Waals surface area (Å²) in [7, 11) is 0. The van der Waals surface area contributed by atoms with Gasteiger partial charge in [-0.05, 0) is 0 Å². The highest BCUT2D eigenvalue weighted by Crippen LogP contribution is 2.15.